The summed E-state index contributed by atoms with van der Waals surface area (Å²) in [5, 5.41) is 9.25. The number of methoxy groups -OCH3 is 1. The van der Waals surface area contributed by atoms with Crippen molar-refractivity contribution in [3.63, 3.8) is 0 Å². The van der Waals surface area contributed by atoms with Crippen LogP contribution in [0, 0.1) is 6.92 Å². The molecule has 156 valence electrons. The van der Waals surface area contributed by atoms with Crippen molar-refractivity contribution >= 4 is 34.9 Å². The highest BCUT2D eigenvalue weighted by atomic mass is 32.1. The van der Waals surface area contributed by atoms with Crippen LogP contribution in [0.4, 0.5) is 5.69 Å². The van der Waals surface area contributed by atoms with Gasteiger partial charge in [0.15, 0.2) is 11.7 Å². The number of ether oxygens (including phenoxy) is 2. The second kappa shape index (κ2) is 9.41. The first-order valence-electron chi connectivity index (χ1n) is 9.34. The zero-order chi connectivity index (χ0) is 21.7. The first kappa shape index (κ1) is 21.3. The Morgan fingerprint density at radius 3 is 2.53 bits per heavy atom. The smallest absolute Gasteiger partial charge is 0.337 e. The van der Waals surface area contributed by atoms with Gasteiger partial charge in [-0.05, 0) is 43.8 Å². The van der Waals surface area contributed by atoms with Gasteiger partial charge in [0.05, 0.1) is 18.7 Å². The minimum absolute atomic E-state index is 0.184. The molecule has 0 fully saturated rings. The van der Waals surface area contributed by atoms with Crippen LogP contribution in [-0.4, -0.2) is 30.7 Å². The molecule has 0 radical (unpaired) electrons. The average molecular weight is 426 g/mol. The van der Waals surface area contributed by atoms with Gasteiger partial charge in [-0.1, -0.05) is 36.4 Å². The van der Waals surface area contributed by atoms with E-state index in [9.17, 15) is 9.59 Å². The lowest BCUT2D eigenvalue weighted by Gasteiger charge is -2.30. The van der Waals surface area contributed by atoms with E-state index in [1.165, 1.54) is 7.11 Å². The van der Waals surface area contributed by atoms with Crippen molar-refractivity contribution in [3.8, 4) is 5.75 Å². The molecule has 0 spiro atoms. The van der Waals surface area contributed by atoms with Crippen molar-refractivity contribution in [1.82, 2.24) is 10.6 Å². The molecule has 2 aromatic carbocycles. The van der Waals surface area contributed by atoms with Crippen molar-refractivity contribution < 1.29 is 19.1 Å². The second-order valence-electron chi connectivity index (χ2n) is 6.75. The molecule has 1 aliphatic heterocycles. The van der Waals surface area contributed by atoms with E-state index < -0.39 is 12.0 Å². The number of thiocarbonyl (C=S) groups is 1. The number of hydrogen-bond acceptors (Lipinski definition) is 5. The molecule has 0 aromatic heterocycles. The third kappa shape index (κ3) is 4.77. The van der Waals surface area contributed by atoms with Crippen LogP contribution in [0.3, 0.4) is 0 Å². The molecule has 30 heavy (non-hydrogen) atoms. The molecule has 3 rings (SSSR count). The predicted molar refractivity (Wildman–Crippen MR) is 118 cm³/mol. The van der Waals surface area contributed by atoms with Gasteiger partial charge < -0.3 is 25.4 Å². The van der Waals surface area contributed by atoms with Crippen molar-refractivity contribution in [2.24, 2.45) is 0 Å². The maximum atomic E-state index is 12.4. The maximum Gasteiger partial charge on any atom is 0.337 e. The van der Waals surface area contributed by atoms with Crippen LogP contribution < -0.4 is 20.7 Å². The van der Waals surface area contributed by atoms with E-state index in [4.69, 9.17) is 21.7 Å². The van der Waals surface area contributed by atoms with Gasteiger partial charge in [0.2, 0.25) is 0 Å². The van der Waals surface area contributed by atoms with Crippen LogP contribution in [0.25, 0.3) is 0 Å². The number of nitrogens with one attached hydrogen (secondary N) is 3. The Hall–Kier alpha value is -3.39. The first-order chi connectivity index (χ1) is 14.4. The van der Waals surface area contributed by atoms with Gasteiger partial charge in [0, 0.05) is 16.9 Å². The molecule has 1 atom stereocenters. The molecular weight excluding hydrogens is 402 g/mol. The van der Waals surface area contributed by atoms with Crippen molar-refractivity contribution in [2.75, 3.05) is 19.0 Å². The summed E-state index contributed by atoms with van der Waals surface area (Å²) < 4.78 is 10.7. The minimum atomic E-state index is -0.568. The fourth-order valence-electron chi connectivity index (χ4n) is 3.20. The van der Waals surface area contributed by atoms with Crippen molar-refractivity contribution in [1.29, 1.82) is 0 Å². The number of hydrogen-bond donors (Lipinski definition) is 3. The third-order valence-corrected chi connectivity index (χ3v) is 4.90. The standard InChI is InChI=1S/C22H23N3O4S/c1-13-8-4-6-10-16(13)24-18(26)12-29-17-11-7-5-9-15(17)20-19(21(27)28-3)14(2)23-22(30)25-20/h4-11,20H,12H2,1-3H3,(H,24,26)(H2,23,25,30). The zero-order valence-corrected chi connectivity index (χ0v) is 17.8. The Morgan fingerprint density at radius 1 is 1.10 bits per heavy atom. The molecule has 1 amide bonds. The lowest BCUT2D eigenvalue weighted by molar-refractivity contribution is -0.136. The number of carbonyl (C=O) groups excluding carboxylic acids is 2. The van der Waals surface area contributed by atoms with E-state index in [1.54, 1.807) is 19.1 Å². The van der Waals surface area contributed by atoms with Gasteiger partial charge in [-0.3, -0.25) is 4.79 Å². The van der Waals surface area contributed by atoms with Crippen LogP contribution in [-0.2, 0) is 14.3 Å². The molecule has 8 heteroatoms. The van der Waals surface area contributed by atoms with Crippen LogP contribution in [0.15, 0.2) is 59.8 Å². The van der Waals surface area contributed by atoms with Crippen LogP contribution >= 0.6 is 12.2 Å². The summed E-state index contributed by atoms with van der Waals surface area (Å²) in [7, 11) is 1.32. The normalized spacial score (nSPS) is 15.7. The third-order valence-electron chi connectivity index (χ3n) is 4.68. The van der Waals surface area contributed by atoms with E-state index in [1.807, 2.05) is 43.3 Å². The van der Waals surface area contributed by atoms with E-state index in [-0.39, 0.29) is 12.5 Å². The molecule has 1 unspecified atom stereocenters. The van der Waals surface area contributed by atoms with E-state index in [2.05, 4.69) is 16.0 Å². The van der Waals surface area contributed by atoms with Crippen LogP contribution in [0.2, 0.25) is 0 Å². The SMILES string of the molecule is COC(=O)C1=C(C)NC(=S)NC1c1ccccc1OCC(=O)Nc1ccccc1C. The van der Waals surface area contributed by atoms with Crippen LogP contribution in [0.1, 0.15) is 24.1 Å². The van der Waals surface area contributed by atoms with E-state index >= 15 is 0 Å². The minimum Gasteiger partial charge on any atom is -0.483 e. The van der Waals surface area contributed by atoms with E-state index in [0.717, 1.165) is 11.3 Å². The largest absolute Gasteiger partial charge is 0.483 e. The molecule has 3 N–H and O–H groups in total. The maximum absolute atomic E-state index is 12.4. The summed E-state index contributed by atoms with van der Waals surface area (Å²) in [5.74, 6) is -0.297. The Bertz CT molecular complexity index is 1020. The molecule has 1 heterocycles. The van der Waals surface area contributed by atoms with Gasteiger partial charge >= 0.3 is 5.97 Å². The zero-order valence-electron chi connectivity index (χ0n) is 16.9. The number of aryl methyl sites for hydroxylation is 1. The predicted octanol–water partition coefficient (Wildman–Crippen LogP) is 2.98. The summed E-state index contributed by atoms with van der Waals surface area (Å²) in [6, 6.07) is 14.1. The molecule has 0 aliphatic carbocycles. The number of rotatable bonds is 6. The van der Waals surface area contributed by atoms with Gasteiger partial charge in [0.1, 0.15) is 5.75 Å². The van der Waals surface area contributed by atoms with Gasteiger partial charge in [-0.2, -0.15) is 0 Å². The fourth-order valence-corrected chi connectivity index (χ4v) is 3.47. The lowest BCUT2D eigenvalue weighted by atomic mass is 9.95. The fraction of sp³-hybridized carbons (Fsp3) is 0.227. The Kier molecular flexibility index (Phi) is 6.68. The summed E-state index contributed by atoms with van der Waals surface area (Å²) in [5.41, 5.74) is 3.36. The number of amides is 1. The quantitative estimate of drug-likeness (QED) is 0.484. The Morgan fingerprint density at radius 2 is 1.80 bits per heavy atom. The number of para-hydroxylation sites is 2. The average Bonchev–Trinajstić information content (AvgIpc) is 2.73. The van der Waals surface area contributed by atoms with Gasteiger partial charge in [-0.15, -0.1) is 0 Å². The van der Waals surface area contributed by atoms with Crippen molar-refractivity contribution in [3.05, 3.63) is 70.9 Å². The van der Waals surface area contributed by atoms with Crippen LogP contribution in [0.5, 0.6) is 5.75 Å². The number of esters is 1. The highest BCUT2D eigenvalue weighted by molar-refractivity contribution is 7.80. The monoisotopic (exact) mass is 425 g/mol. The Labute approximate surface area is 180 Å². The number of benzene rings is 2. The highest BCUT2D eigenvalue weighted by Crippen LogP contribution is 2.33. The summed E-state index contributed by atoms with van der Waals surface area (Å²) in [4.78, 5) is 24.8. The number of anilines is 1. The second-order valence-corrected chi connectivity index (χ2v) is 7.16. The van der Waals surface area contributed by atoms with Gasteiger partial charge in [0.25, 0.3) is 5.91 Å². The summed E-state index contributed by atoms with van der Waals surface area (Å²) in [6.07, 6.45) is 0. The Balaban J connectivity index is 1.81. The highest BCUT2D eigenvalue weighted by Gasteiger charge is 2.32. The lowest BCUT2D eigenvalue weighted by Crippen LogP contribution is -2.45. The summed E-state index contributed by atoms with van der Waals surface area (Å²) in [6.45, 7) is 3.49. The molecular formula is C22H23N3O4S. The van der Waals surface area contributed by atoms with E-state index in [0.29, 0.717) is 27.7 Å². The summed E-state index contributed by atoms with van der Waals surface area (Å²) >= 11 is 5.26. The molecule has 0 saturated carbocycles. The topological polar surface area (TPSA) is 88.7 Å². The van der Waals surface area contributed by atoms with Gasteiger partial charge in [-0.25, -0.2) is 4.79 Å². The number of carbonyl (C=O) groups is 2. The molecule has 0 saturated heterocycles. The first-order valence-corrected chi connectivity index (χ1v) is 9.75. The molecule has 0 bridgehead atoms. The number of allylic oxidation sites excluding steroid dienone is 1. The van der Waals surface area contributed by atoms with Crippen molar-refractivity contribution in [2.45, 2.75) is 19.9 Å². The molecule has 2 aromatic rings. The molecule has 1 aliphatic rings. The molecule has 7 nitrogen and oxygen atoms in total.